The van der Waals surface area contributed by atoms with E-state index in [9.17, 15) is 23.9 Å². The molecule has 0 heterocycles. The predicted octanol–water partition coefficient (Wildman–Crippen LogP) is 4.39. The number of fused-ring (bicyclic) bond motifs is 3. The van der Waals surface area contributed by atoms with Gasteiger partial charge in [0.2, 0.25) is 0 Å². The van der Waals surface area contributed by atoms with E-state index in [1.165, 1.54) is 6.07 Å². The second kappa shape index (κ2) is 10.1. The van der Waals surface area contributed by atoms with Gasteiger partial charge in [0, 0.05) is 12.3 Å². The van der Waals surface area contributed by atoms with E-state index < -0.39 is 29.8 Å². The summed E-state index contributed by atoms with van der Waals surface area (Å²) >= 11 is 0. The summed E-state index contributed by atoms with van der Waals surface area (Å²) in [4.78, 5) is 36.5. The molecule has 176 valence electrons. The minimum atomic E-state index is -1.36. The fourth-order valence-electron chi connectivity index (χ4n) is 4.11. The third-order valence-corrected chi connectivity index (χ3v) is 5.73. The van der Waals surface area contributed by atoms with E-state index in [-0.39, 0.29) is 30.2 Å². The number of halogens is 1. The van der Waals surface area contributed by atoms with Crippen molar-refractivity contribution in [2.45, 2.75) is 18.4 Å². The lowest BCUT2D eigenvalue weighted by Gasteiger charge is -2.17. The number of anilines is 1. The van der Waals surface area contributed by atoms with E-state index in [2.05, 4.69) is 16.6 Å². The van der Waals surface area contributed by atoms with Crippen molar-refractivity contribution in [3.05, 3.63) is 89.2 Å². The molecule has 1 atom stereocenters. The van der Waals surface area contributed by atoms with Gasteiger partial charge in [0.1, 0.15) is 18.5 Å². The summed E-state index contributed by atoms with van der Waals surface area (Å²) < 4.78 is 19.3. The van der Waals surface area contributed by atoms with Crippen molar-refractivity contribution in [2.24, 2.45) is 0 Å². The largest absolute Gasteiger partial charge is 0.480 e. The quantitative estimate of drug-likeness (QED) is 0.443. The average Bonchev–Trinajstić information content (AvgIpc) is 3.17. The van der Waals surface area contributed by atoms with Gasteiger partial charge in [0.05, 0.1) is 11.3 Å². The van der Waals surface area contributed by atoms with Gasteiger partial charge in [-0.2, -0.15) is 0 Å². The van der Waals surface area contributed by atoms with Crippen LogP contribution < -0.4 is 10.6 Å². The van der Waals surface area contributed by atoms with E-state index in [0.29, 0.717) is 0 Å². The van der Waals surface area contributed by atoms with Crippen molar-refractivity contribution in [3.63, 3.8) is 0 Å². The van der Waals surface area contributed by atoms with Gasteiger partial charge in [0.25, 0.3) is 5.91 Å². The van der Waals surface area contributed by atoms with E-state index in [0.717, 1.165) is 34.4 Å². The number of amides is 2. The van der Waals surface area contributed by atoms with Gasteiger partial charge in [-0.25, -0.2) is 14.0 Å². The van der Waals surface area contributed by atoms with Crippen molar-refractivity contribution >= 4 is 23.7 Å². The molecule has 3 N–H and O–H groups in total. The van der Waals surface area contributed by atoms with Crippen molar-refractivity contribution in [3.8, 4) is 23.5 Å². The normalized spacial score (nSPS) is 12.6. The Bertz CT molecular complexity index is 1300. The molecule has 4 rings (SSSR count). The molecule has 0 bridgehead atoms. The van der Waals surface area contributed by atoms with Crippen LogP contribution >= 0.6 is 0 Å². The smallest absolute Gasteiger partial charge is 0.411 e. The topological polar surface area (TPSA) is 105 Å². The summed E-state index contributed by atoms with van der Waals surface area (Å²) in [6.45, 7) is 0.0475. The number of benzene rings is 3. The molecule has 35 heavy (non-hydrogen) atoms. The first-order chi connectivity index (χ1) is 16.9. The molecule has 0 fully saturated rings. The van der Waals surface area contributed by atoms with Crippen LogP contribution in [0.2, 0.25) is 0 Å². The molecule has 0 aliphatic heterocycles. The minimum absolute atomic E-state index is 0.0361. The highest BCUT2D eigenvalue weighted by Crippen LogP contribution is 2.44. The van der Waals surface area contributed by atoms with Crippen LogP contribution in [0, 0.1) is 18.2 Å². The van der Waals surface area contributed by atoms with Crippen molar-refractivity contribution in [2.75, 3.05) is 11.9 Å². The predicted molar refractivity (Wildman–Crippen MR) is 127 cm³/mol. The fourth-order valence-corrected chi connectivity index (χ4v) is 4.11. The third-order valence-electron chi connectivity index (χ3n) is 5.73. The second-order valence-electron chi connectivity index (χ2n) is 7.91. The lowest BCUT2D eigenvalue weighted by atomic mass is 9.98. The van der Waals surface area contributed by atoms with Crippen LogP contribution in [0.1, 0.15) is 33.8 Å². The molecule has 1 aliphatic rings. The number of terminal acetylenes is 1. The Morgan fingerprint density at radius 2 is 1.66 bits per heavy atom. The first kappa shape index (κ1) is 23.5. The molecule has 0 radical (unpaired) electrons. The molecule has 7 nitrogen and oxygen atoms in total. The van der Waals surface area contributed by atoms with Gasteiger partial charge < -0.3 is 15.2 Å². The molecule has 2 amide bonds. The number of rotatable bonds is 7. The fraction of sp³-hybridized carbons (Fsp3) is 0.148. The van der Waals surface area contributed by atoms with E-state index in [4.69, 9.17) is 11.2 Å². The van der Waals surface area contributed by atoms with Crippen LogP contribution in [-0.4, -0.2) is 35.7 Å². The van der Waals surface area contributed by atoms with E-state index in [1.807, 2.05) is 48.5 Å². The molecule has 1 aliphatic carbocycles. The number of aliphatic carboxylic acids is 1. The zero-order valence-corrected chi connectivity index (χ0v) is 18.5. The number of nitrogens with one attached hydrogen (secondary N) is 2. The van der Waals surface area contributed by atoms with Gasteiger partial charge >= 0.3 is 12.1 Å². The maximum atomic E-state index is 13.9. The Labute approximate surface area is 200 Å². The summed E-state index contributed by atoms with van der Waals surface area (Å²) in [5.41, 5.74) is 3.94. The number of carbonyl (C=O) groups excluding carboxylic acids is 2. The molecule has 3 aromatic rings. The first-order valence-corrected chi connectivity index (χ1v) is 10.8. The van der Waals surface area contributed by atoms with Crippen LogP contribution in [0.25, 0.3) is 11.1 Å². The third kappa shape index (κ3) is 4.99. The molecule has 8 heteroatoms. The summed E-state index contributed by atoms with van der Waals surface area (Å²) in [5, 5.41) is 13.9. The number of hydrogen-bond acceptors (Lipinski definition) is 4. The molecule has 0 spiro atoms. The molecule has 1 unspecified atom stereocenters. The van der Waals surface area contributed by atoms with Crippen molar-refractivity contribution < 1.29 is 28.6 Å². The highest BCUT2D eigenvalue weighted by atomic mass is 19.1. The maximum absolute atomic E-state index is 13.9. The van der Waals surface area contributed by atoms with Gasteiger partial charge in [-0.15, -0.1) is 12.3 Å². The zero-order valence-electron chi connectivity index (χ0n) is 18.5. The summed E-state index contributed by atoms with van der Waals surface area (Å²) in [6, 6.07) is 17.5. The van der Waals surface area contributed by atoms with E-state index >= 15 is 0 Å². The SMILES string of the molecule is C#CCC(NC(=O)c1cc(F)ccc1NC(=O)OCC1c2ccccc2-c2ccccc21)C(=O)O. The lowest BCUT2D eigenvalue weighted by molar-refractivity contribution is -0.139. The van der Waals surface area contributed by atoms with E-state index in [1.54, 1.807) is 0 Å². The Hall–Kier alpha value is -4.64. The Morgan fingerprint density at radius 3 is 2.26 bits per heavy atom. The number of ether oxygens (including phenoxy) is 1. The molecule has 3 aromatic carbocycles. The van der Waals surface area contributed by atoms with Gasteiger partial charge in [-0.1, -0.05) is 48.5 Å². The maximum Gasteiger partial charge on any atom is 0.411 e. The number of hydrogen-bond donors (Lipinski definition) is 3. The van der Waals surface area contributed by atoms with Crippen LogP contribution in [-0.2, 0) is 9.53 Å². The van der Waals surface area contributed by atoms with Gasteiger partial charge in [-0.05, 0) is 40.5 Å². The first-order valence-electron chi connectivity index (χ1n) is 10.8. The van der Waals surface area contributed by atoms with Crippen molar-refractivity contribution in [1.29, 1.82) is 0 Å². The van der Waals surface area contributed by atoms with Crippen LogP contribution in [0.5, 0.6) is 0 Å². The molecule has 0 saturated carbocycles. The summed E-state index contributed by atoms with van der Waals surface area (Å²) in [6.07, 6.45) is 4.05. The Balaban J connectivity index is 1.48. The zero-order chi connectivity index (χ0) is 24.9. The summed E-state index contributed by atoms with van der Waals surface area (Å²) in [7, 11) is 0. The van der Waals surface area contributed by atoms with Gasteiger partial charge in [-0.3, -0.25) is 10.1 Å². The molecule has 0 saturated heterocycles. The molecule has 0 aromatic heterocycles. The number of carbonyl (C=O) groups is 3. The number of carboxylic acid groups (broad SMARTS) is 1. The minimum Gasteiger partial charge on any atom is -0.480 e. The summed E-state index contributed by atoms with van der Waals surface area (Å²) in [5.74, 6) is -0.975. The Kier molecular flexibility index (Phi) is 6.78. The van der Waals surface area contributed by atoms with Crippen LogP contribution in [0.4, 0.5) is 14.9 Å². The Morgan fingerprint density at radius 1 is 1.03 bits per heavy atom. The second-order valence-corrected chi connectivity index (χ2v) is 7.91. The standard InChI is InChI=1S/C27H21FN2O5/c1-2-7-24(26(32)33)29-25(31)21-14-16(28)12-13-23(21)30-27(34)35-15-22-19-10-5-3-8-17(19)18-9-4-6-11-20(18)22/h1,3-6,8-14,22,24H,7,15H2,(H,29,31)(H,30,34)(H,32,33). The van der Waals surface area contributed by atoms with Crippen molar-refractivity contribution in [1.82, 2.24) is 5.32 Å². The monoisotopic (exact) mass is 472 g/mol. The van der Waals surface area contributed by atoms with Gasteiger partial charge in [0.15, 0.2) is 0 Å². The molecular weight excluding hydrogens is 451 g/mol. The highest BCUT2D eigenvalue weighted by molar-refractivity contribution is 6.04. The van der Waals surface area contributed by atoms with Crippen LogP contribution in [0.15, 0.2) is 66.7 Å². The average molecular weight is 472 g/mol. The molecular formula is C27H21FN2O5. The number of carboxylic acids is 1. The highest BCUT2D eigenvalue weighted by Gasteiger charge is 2.29. The lowest BCUT2D eigenvalue weighted by Crippen LogP contribution is -2.40. The van der Waals surface area contributed by atoms with Crippen LogP contribution in [0.3, 0.4) is 0 Å².